The molecule has 0 radical (unpaired) electrons. The number of hydrogen-bond acceptors (Lipinski definition) is 6. The van der Waals surface area contributed by atoms with E-state index in [0.29, 0.717) is 12.5 Å². The molecule has 0 spiro atoms. The molecule has 1 aromatic heterocycles. The van der Waals surface area contributed by atoms with E-state index in [4.69, 9.17) is 4.74 Å². The number of guanidine groups is 1. The second-order valence-electron chi connectivity index (χ2n) is 7.70. The highest BCUT2D eigenvalue weighted by atomic mass is 32.2. The van der Waals surface area contributed by atoms with Crippen molar-refractivity contribution < 1.29 is 9.53 Å². The summed E-state index contributed by atoms with van der Waals surface area (Å²) >= 11 is 1.64. The van der Waals surface area contributed by atoms with E-state index in [-0.39, 0.29) is 11.9 Å². The van der Waals surface area contributed by atoms with Crippen LogP contribution in [0.4, 0.5) is 0 Å². The van der Waals surface area contributed by atoms with Gasteiger partial charge in [-0.3, -0.25) is 9.79 Å². The molecule has 29 heavy (non-hydrogen) atoms. The van der Waals surface area contributed by atoms with Crippen molar-refractivity contribution in [3.63, 3.8) is 0 Å². The van der Waals surface area contributed by atoms with E-state index in [9.17, 15) is 4.79 Å². The van der Waals surface area contributed by atoms with Crippen molar-refractivity contribution in [3.8, 4) is 0 Å². The number of rotatable bonds is 9. The number of nitrogens with one attached hydrogen (secondary N) is 1. The number of nitrogens with zero attached hydrogens (tertiary/aromatic N) is 5. The summed E-state index contributed by atoms with van der Waals surface area (Å²) in [7, 11) is 1.81. The Morgan fingerprint density at radius 2 is 2.07 bits per heavy atom. The molecule has 2 heterocycles. The van der Waals surface area contributed by atoms with Crippen LogP contribution in [0.15, 0.2) is 10.1 Å². The highest BCUT2D eigenvalue weighted by Crippen LogP contribution is 2.19. The molecule has 0 aromatic carbocycles. The van der Waals surface area contributed by atoms with Crippen LogP contribution in [0.1, 0.15) is 45.9 Å². The van der Waals surface area contributed by atoms with Crippen LogP contribution >= 0.6 is 11.8 Å². The van der Waals surface area contributed by atoms with Gasteiger partial charge in [0.1, 0.15) is 5.82 Å². The number of likely N-dealkylation sites (tertiary alicyclic amines) is 1. The summed E-state index contributed by atoms with van der Waals surface area (Å²) in [6, 6.07) is 0. The number of piperidine rings is 1. The minimum Gasteiger partial charge on any atom is -0.466 e. The fraction of sp³-hybridized carbons (Fsp3) is 0.800. The second kappa shape index (κ2) is 12.0. The third-order valence-corrected chi connectivity index (χ3v) is 5.68. The number of aliphatic imine (C=N–C) groups is 1. The predicted octanol–water partition coefficient (Wildman–Crippen LogP) is 2.44. The maximum Gasteiger partial charge on any atom is 0.309 e. The van der Waals surface area contributed by atoms with Gasteiger partial charge in [0.25, 0.3) is 0 Å². The van der Waals surface area contributed by atoms with Gasteiger partial charge >= 0.3 is 5.97 Å². The zero-order chi connectivity index (χ0) is 21.2. The molecule has 1 aromatic rings. The maximum atomic E-state index is 11.9. The first-order valence-corrected chi connectivity index (χ1v) is 11.8. The number of aryl methyl sites for hydroxylation is 1. The summed E-state index contributed by atoms with van der Waals surface area (Å²) in [4.78, 5) is 18.5. The van der Waals surface area contributed by atoms with E-state index >= 15 is 0 Å². The van der Waals surface area contributed by atoms with E-state index in [1.54, 1.807) is 11.8 Å². The Morgan fingerprint density at radius 1 is 1.34 bits per heavy atom. The predicted molar refractivity (Wildman–Crippen MR) is 117 cm³/mol. The molecule has 9 heteroatoms. The summed E-state index contributed by atoms with van der Waals surface area (Å²) in [6.45, 7) is 10.1. The molecule has 1 N–H and O–H groups in total. The number of esters is 1. The molecule has 1 aliphatic heterocycles. The van der Waals surface area contributed by atoms with Gasteiger partial charge in [0, 0.05) is 39.6 Å². The number of carbonyl (C=O) groups excluding carboxylic acids is 1. The van der Waals surface area contributed by atoms with Gasteiger partial charge in [-0.25, -0.2) is 0 Å². The van der Waals surface area contributed by atoms with Crippen LogP contribution in [0.5, 0.6) is 0 Å². The van der Waals surface area contributed by atoms with Crippen molar-refractivity contribution in [2.45, 2.75) is 58.2 Å². The Balaban J connectivity index is 1.78. The molecule has 0 amide bonds. The Hall–Kier alpha value is -1.77. The Kier molecular flexibility index (Phi) is 9.76. The van der Waals surface area contributed by atoms with Crippen LogP contribution in [-0.4, -0.2) is 71.1 Å². The van der Waals surface area contributed by atoms with Gasteiger partial charge in [-0.05, 0) is 38.4 Å². The third kappa shape index (κ3) is 6.90. The second-order valence-corrected chi connectivity index (χ2v) is 8.47. The molecule has 2 rings (SSSR count). The van der Waals surface area contributed by atoms with Gasteiger partial charge < -0.3 is 19.5 Å². The number of hydrogen-bond donors (Lipinski definition) is 1. The van der Waals surface area contributed by atoms with E-state index in [0.717, 1.165) is 68.8 Å². The largest absolute Gasteiger partial charge is 0.466 e. The summed E-state index contributed by atoms with van der Waals surface area (Å²) in [5, 5.41) is 13.1. The summed E-state index contributed by atoms with van der Waals surface area (Å²) < 4.78 is 7.39. The minimum atomic E-state index is -0.0646. The van der Waals surface area contributed by atoms with E-state index in [2.05, 4.69) is 43.8 Å². The molecule has 0 bridgehead atoms. The molecule has 1 saturated heterocycles. The van der Waals surface area contributed by atoms with Gasteiger partial charge in [-0.15, -0.1) is 10.2 Å². The molecule has 8 nitrogen and oxygen atoms in total. The van der Waals surface area contributed by atoms with Crippen LogP contribution < -0.4 is 5.32 Å². The number of carbonyl (C=O) groups is 1. The monoisotopic (exact) mass is 424 g/mol. The van der Waals surface area contributed by atoms with Crippen LogP contribution in [-0.2, 0) is 22.5 Å². The lowest BCUT2D eigenvalue weighted by molar-refractivity contribution is -0.149. The Bertz CT molecular complexity index is 668. The first-order chi connectivity index (χ1) is 14.0. The van der Waals surface area contributed by atoms with Crippen molar-refractivity contribution in [2.24, 2.45) is 16.8 Å². The molecular formula is C20H36N6O2S. The quantitative estimate of drug-likeness (QED) is 0.214. The lowest BCUT2D eigenvalue weighted by Crippen LogP contribution is -2.47. The maximum absolute atomic E-state index is 11.9. The summed E-state index contributed by atoms with van der Waals surface area (Å²) in [5.41, 5.74) is 0. The zero-order valence-corrected chi connectivity index (χ0v) is 19.3. The van der Waals surface area contributed by atoms with Gasteiger partial charge in [0.2, 0.25) is 0 Å². The topological polar surface area (TPSA) is 84.6 Å². The molecule has 0 aliphatic carbocycles. The highest BCUT2D eigenvalue weighted by molar-refractivity contribution is 7.98. The third-order valence-electron chi connectivity index (χ3n) is 5.01. The molecule has 164 valence electrons. The lowest BCUT2D eigenvalue weighted by Gasteiger charge is -2.33. The molecule has 1 fully saturated rings. The number of ether oxygens (including phenoxy) is 1. The Labute approximate surface area is 178 Å². The molecule has 0 saturated carbocycles. The van der Waals surface area contributed by atoms with Crippen molar-refractivity contribution in [1.82, 2.24) is 25.0 Å². The van der Waals surface area contributed by atoms with Crippen LogP contribution in [0.2, 0.25) is 0 Å². The number of thioether (sulfide) groups is 1. The summed E-state index contributed by atoms with van der Waals surface area (Å²) in [6.07, 6.45) is 5.52. The molecule has 0 atom stereocenters. The smallest absolute Gasteiger partial charge is 0.309 e. The first kappa shape index (κ1) is 23.5. The summed E-state index contributed by atoms with van der Waals surface area (Å²) in [5.74, 6) is 2.47. The molecule has 0 unspecified atom stereocenters. The zero-order valence-electron chi connectivity index (χ0n) is 18.5. The van der Waals surface area contributed by atoms with Gasteiger partial charge in [0.05, 0.1) is 12.5 Å². The van der Waals surface area contributed by atoms with Gasteiger partial charge in [-0.2, -0.15) is 0 Å². The average molecular weight is 425 g/mol. The molecular weight excluding hydrogens is 388 g/mol. The van der Waals surface area contributed by atoms with E-state index in [1.807, 2.05) is 20.2 Å². The number of aromatic nitrogens is 3. The van der Waals surface area contributed by atoms with E-state index < -0.39 is 0 Å². The lowest BCUT2D eigenvalue weighted by atomic mass is 9.97. The van der Waals surface area contributed by atoms with Gasteiger partial charge in [-0.1, -0.05) is 25.6 Å². The molecule has 1 aliphatic rings. The fourth-order valence-corrected chi connectivity index (χ4v) is 4.09. The highest BCUT2D eigenvalue weighted by Gasteiger charge is 2.27. The van der Waals surface area contributed by atoms with Crippen molar-refractivity contribution in [2.75, 3.05) is 39.5 Å². The first-order valence-electron chi connectivity index (χ1n) is 10.6. The fourth-order valence-electron chi connectivity index (χ4n) is 3.57. The minimum absolute atomic E-state index is 0.0160. The SMILES string of the molecule is CCOC(=O)C1CCN(C(=NC)NCCCc2nnc(SC)n2CC(C)C)CC1. The Morgan fingerprint density at radius 3 is 2.66 bits per heavy atom. The normalized spacial score (nSPS) is 15.8. The van der Waals surface area contributed by atoms with Crippen LogP contribution in [0, 0.1) is 11.8 Å². The van der Waals surface area contributed by atoms with Crippen molar-refractivity contribution >= 4 is 23.7 Å². The van der Waals surface area contributed by atoms with E-state index in [1.165, 1.54) is 0 Å². The van der Waals surface area contributed by atoms with Crippen molar-refractivity contribution in [3.05, 3.63) is 5.82 Å². The average Bonchev–Trinajstić information content (AvgIpc) is 3.09. The van der Waals surface area contributed by atoms with Crippen molar-refractivity contribution in [1.29, 1.82) is 0 Å². The van der Waals surface area contributed by atoms with Gasteiger partial charge in [0.15, 0.2) is 11.1 Å². The van der Waals surface area contributed by atoms with Crippen LogP contribution in [0.25, 0.3) is 0 Å². The van der Waals surface area contributed by atoms with Crippen LogP contribution in [0.3, 0.4) is 0 Å². The standard InChI is InChI=1S/C20H36N6O2S/c1-6-28-18(27)16-9-12-25(13-10-16)19(21-4)22-11-7-8-17-23-24-20(29-5)26(17)14-15(2)3/h15-16H,6-14H2,1-5H3,(H,21,22).